The fourth-order valence-corrected chi connectivity index (χ4v) is 4.47. The SMILES string of the molecule is Cc1c(CN2CC3(CC(COCc4ccccn4)CN3C)C2)cnn1C.O=C(O)C(F)(F)F.O=C(O)C(F)(F)F. The Labute approximate surface area is 226 Å². The maximum absolute atomic E-state index is 10.6. The monoisotopic (exact) mass is 583 g/mol. The Balaban J connectivity index is 0.000000333. The molecule has 0 aromatic carbocycles. The van der Waals surface area contributed by atoms with E-state index in [0.29, 0.717) is 18.1 Å². The van der Waals surface area contributed by atoms with Gasteiger partial charge in [0.15, 0.2) is 0 Å². The van der Waals surface area contributed by atoms with Gasteiger partial charge >= 0.3 is 24.3 Å². The first-order chi connectivity index (χ1) is 18.4. The predicted octanol–water partition coefficient (Wildman–Crippen LogP) is 3.11. The molecule has 0 saturated carbocycles. The molecule has 16 heteroatoms. The van der Waals surface area contributed by atoms with Crippen LogP contribution in [0.2, 0.25) is 0 Å². The van der Waals surface area contributed by atoms with E-state index in [-0.39, 0.29) is 0 Å². The maximum Gasteiger partial charge on any atom is 0.490 e. The van der Waals surface area contributed by atoms with Crippen LogP contribution in [0.15, 0.2) is 30.6 Å². The topological polar surface area (TPSA) is 121 Å². The Morgan fingerprint density at radius 3 is 2.10 bits per heavy atom. The van der Waals surface area contributed by atoms with Gasteiger partial charge in [0, 0.05) is 56.2 Å². The van der Waals surface area contributed by atoms with E-state index >= 15 is 0 Å². The number of aliphatic carboxylic acids is 2. The summed E-state index contributed by atoms with van der Waals surface area (Å²) in [5.74, 6) is -4.90. The molecular formula is C24H31F6N5O5. The van der Waals surface area contributed by atoms with Crippen molar-refractivity contribution in [2.75, 3.05) is 33.3 Å². The number of hydrogen-bond donors (Lipinski definition) is 2. The summed E-state index contributed by atoms with van der Waals surface area (Å²) in [6.07, 6.45) is -5.11. The van der Waals surface area contributed by atoms with E-state index in [1.54, 1.807) is 0 Å². The standard InChI is InChI=1S/C20H29N5O.2C2HF3O2/c1-16-18(9-22-24(16)3)11-25-14-20(15-25)8-17(10-23(20)2)12-26-13-19-6-4-5-7-21-19;2*3-2(4,5)1(6)7/h4-7,9,17H,8,10-15H2,1-3H3;2*(H,6,7). The molecule has 1 unspecified atom stereocenters. The van der Waals surface area contributed by atoms with Crippen LogP contribution < -0.4 is 0 Å². The van der Waals surface area contributed by atoms with E-state index < -0.39 is 24.3 Å². The van der Waals surface area contributed by atoms with Crippen molar-refractivity contribution < 1.29 is 50.9 Å². The summed E-state index contributed by atoms with van der Waals surface area (Å²) in [4.78, 5) is 27.2. The zero-order chi connectivity index (χ0) is 30.3. The summed E-state index contributed by atoms with van der Waals surface area (Å²) in [6.45, 7) is 8.01. The average Bonchev–Trinajstić information content (AvgIpc) is 3.33. The number of ether oxygens (including phenoxy) is 1. The first-order valence-corrected chi connectivity index (χ1v) is 11.9. The Bertz CT molecular complexity index is 1100. The summed E-state index contributed by atoms with van der Waals surface area (Å²) in [6, 6.07) is 5.97. The largest absolute Gasteiger partial charge is 0.490 e. The molecule has 224 valence electrons. The molecule has 10 nitrogen and oxygen atoms in total. The van der Waals surface area contributed by atoms with E-state index in [0.717, 1.165) is 38.5 Å². The molecular weight excluding hydrogens is 552 g/mol. The smallest absolute Gasteiger partial charge is 0.475 e. The molecule has 4 rings (SSSR count). The van der Waals surface area contributed by atoms with Crippen LogP contribution in [0.25, 0.3) is 0 Å². The number of likely N-dealkylation sites (N-methyl/N-ethyl adjacent to an activating group) is 1. The Kier molecular flexibility index (Phi) is 11.1. The van der Waals surface area contributed by atoms with Crippen LogP contribution >= 0.6 is 0 Å². The number of rotatable bonds is 6. The van der Waals surface area contributed by atoms with Gasteiger partial charge in [0.05, 0.1) is 25.1 Å². The number of aryl methyl sites for hydroxylation is 1. The maximum atomic E-state index is 10.6. The number of nitrogens with zero attached hydrogens (tertiary/aromatic N) is 5. The van der Waals surface area contributed by atoms with Crippen LogP contribution in [0.4, 0.5) is 26.3 Å². The molecule has 2 aromatic heterocycles. The van der Waals surface area contributed by atoms with E-state index in [4.69, 9.17) is 24.5 Å². The van der Waals surface area contributed by atoms with Crippen molar-refractivity contribution in [3.05, 3.63) is 47.5 Å². The van der Waals surface area contributed by atoms with Gasteiger partial charge in [0.2, 0.25) is 0 Å². The fraction of sp³-hybridized carbons (Fsp3) is 0.583. The van der Waals surface area contributed by atoms with Crippen molar-refractivity contribution >= 4 is 11.9 Å². The highest BCUT2D eigenvalue weighted by atomic mass is 19.4. The minimum absolute atomic E-state index is 0.342. The van der Waals surface area contributed by atoms with Crippen LogP contribution in [0.3, 0.4) is 0 Å². The van der Waals surface area contributed by atoms with Crippen molar-refractivity contribution in [2.45, 2.75) is 44.4 Å². The molecule has 2 saturated heterocycles. The number of hydrogen-bond acceptors (Lipinski definition) is 7. The lowest BCUT2D eigenvalue weighted by Gasteiger charge is -2.52. The molecule has 0 radical (unpaired) electrons. The fourth-order valence-electron chi connectivity index (χ4n) is 4.47. The lowest BCUT2D eigenvalue weighted by molar-refractivity contribution is -0.193. The van der Waals surface area contributed by atoms with Gasteiger partial charge in [-0.3, -0.25) is 19.5 Å². The number of aromatic nitrogens is 3. The second-order valence-corrected chi connectivity index (χ2v) is 9.64. The van der Waals surface area contributed by atoms with Crippen LogP contribution in [0, 0.1) is 12.8 Å². The number of carboxylic acid groups (broad SMARTS) is 2. The van der Waals surface area contributed by atoms with Gasteiger partial charge in [-0.2, -0.15) is 31.4 Å². The summed E-state index contributed by atoms with van der Waals surface area (Å²) < 4.78 is 71.4. The van der Waals surface area contributed by atoms with Gasteiger partial charge in [0.25, 0.3) is 0 Å². The van der Waals surface area contributed by atoms with Crippen molar-refractivity contribution in [2.24, 2.45) is 13.0 Å². The summed E-state index contributed by atoms with van der Waals surface area (Å²) in [5, 5.41) is 18.6. The normalized spacial score (nSPS) is 18.8. The third-order valence-corrected chi connectivity index (χ3v) is 6.59. The van der Waals surface area contributed by atoms with E-state index in [1.807, 2.05) is 42.3 Å². The predicted molar refractivity (Wildman–Crippen MR) is 128 cm³/mol. The Morgan fingerprint density at radius 2 is 1.65 bits per heavy atom. The molecule has 2 aliphatic rings. The Morgan fingerprint density at radius 1 is 1.07 bits per heavy atom. The number of halogens is 6. The molecule has 40 heavy (non-hydrogen) atoms. The lowest BCUT2D eigenvalue weighted by Crippen LogP contribution is -2.66. The first-order valence-electron chi connectivity index (χ1n) is 11.9. The number of pyridine rings is 1. The molecule has 2 aliphatic heterocycles. The van der Waals surface area contributed by atoms with Gasteiger partial charge in [-0.05, 0) is 38.4 Å². The van der Waals surface area contributed by atoms with Gasteiger partial charge in [-0.25, -0.2) is 9.59 Å². The number of carboxylic acids is 2. The van der Waals surface area contributed by atoms with Gasteiger partial charge in [-0.1, -0.05) is 6.07 Å². The van der Waals surface area contributed by atoms with Crippen LogP contribution in [-0.4, -0.2) is 97.9 Å². The van der Waals surface area contributed by atoms with Crippen LogP contribution in [-0.2, 0) is 34.5 Å². The lowest BCUT2D eigenvalue weighted by atomic mass is 9.84. The third kappa shape index (κ3) is 9.45. The van der Waals surface area contributed by atoms with Crippen molar-refractivity contribution in [1.82, 2.24) is 24.6 Å². The van der Waals surface area contributed by atoms with E-state index in [2.05, 4.69) is 33.9 Å². The highest BCUT2D eigenvalue weighted by Gasteiger charge is 2.51. The van der Waals surface area contributed by atoms with Crippen molar-refractivity contribution in [3.8, 4) is 0 Å². The highest BCUT2D eigenvalue weighted by molar-refractivity contribution is 5.73. The number of alkyl halides is 6. The van der Waals surface area contributed by atoms with Crippen molar-refractivity contribution in [1.29, 1.82) is 0 Å². The van der Waals surface area contributed by atoms with Gasteiger partial charge < -0.3 is 14.9 Å². The molecule has 0 bridgehead atoms. The molecule has 2 aromatic rings. The summed E-state index contributed by atoms with van der Waals surface area (Å²) >= 11 is 0. The second-order valence-electron chi connectivity index (χ2n) is 9.64. The number of likely N-dealkylation sites (tertiary alicyclic amines) is 2. The minimum Gasteiger partial charge on any atom is -0.475 e. The molecule has 2 N–H and O–H groups in total. The van der Waals surface area contributed by atoms with Crippen LogP contribution in [0.1, 0.15) is 23.4 Å². The average molecular weight is 584 g/mol. The van der Waals surface area contributed by atoms with Crippen molar-refractivity contribution in [3.63, 3.8) is 0 Å². The highest BCUT2D eigenvalue weighted by Crippen LogP contribution is 2.40. The Hall–Kier alpha value is -3.24. The van der Waals surface area contributed by atoms with Gasteiger partial charge in [0.1, 0.15) is 0 Å². The second kappa shape index (κ2) is 13.4. The molecule has 1 atom stereocenters. The quantitative estimate of drug-likeness (QED) is 0.495. The van der Waals surface area contributed by atoms with E-state index in [1.165, 1.54) is 17.7 Å². The zero-order valence-corrected chi connectivity index (χ0v) is 22.0. The van der Waals surface area contributed by atoms with Crippen LogP contribution in [0.5, 0.6) is 0 Å². The summed E-state index contributed by atoms with van der Waals surface area (Å²) in [7, 11) is 4.28. The molecule has 0 aliphatic carbocycles. The molecule has 0 amide bonds. The van der Waals surface area contributed by atoms with E-state index in [9.17, 15) is 26.3 Å². The first kappa shape index (κ1) is 33.0. The number of carbonyl (C=O) groups is 2. The summed E-state index contributed by atoms with van der Waals surface area (Å²) in [5.41, 5.74) is 3.97. The third-order valence-electron chi connectivity index (χ3n) is 6.59. The minimum atomic E-state index is -5.08. The molecule has 4 heterocycles. The zero-order valence-electron chi connectivity index (χ0n) is 22.0. The molecule has 2 fully saturated rings. The molecule has 1 spiro atoms. The van der Waals surface area contributed by atoms with Gasteiger partial charge in [-0.15, -0.1) is 0 Å².